The van der Waals surface area contributed by atoms with Gasteiger partial charge in [-0.25, -0.2) is 0 Å². The third-order valence-electron chi connectivity index (χ3n) is 3.72. The molecule has 3 aromatic carbocycles. The molecule has 0 bridgehead atoms. The smallest absolute Gasteiger partial charge is 0.170 e. The number of Topliss-reactive ketones (excluding diaryl/α,β-unsaturated/α-hetero) is 2. The van der Waals surface area contributed by atoms with Crippen molar-refractivity contribution < 1.29 is 9.59 Å². The highest BCUT2D eigenvalue weighted by Gasteiger charge is 2.13. The Bertz CT molecular complexity index is 814. The predicted molar refractivity (Wildman–Crippen MR) is 88.0 cm³/mol. The quantitative estimate of drug-likeness (QED) is 0.520. The fraction of sp³-hybridized carbons (Fsp3) is 0.100. The van der Waals surface area contributed by atoms with Gasteiger partial charge >= 0.3 is 0 Å². The van der Waals surface area contributed by atoms with E-state index in [0.29, 0.717) is 12.0 Å². The van der Waals surface area contributed by atoms with Gasteiger partial charge in [0, 0.05) is 12.0 Å². The van der Waals surface area contributed by atoms with Gasteiger partial charge in [0.2, 0.25) is 0 Å². The fourth-order valence-electron chi connectivity index (χ4n) is 2.63. The maximum atomic E-state index is 12.2. The number of ketones is 2. The minimum atomic E-state index is -0.120. The van der Waals surface area contributed by atoms with E-state index in [9.17, 15) is 9.59 Å². The lowest BCUT2D eigenvalue weighted by Gasteiger charge is -2.06. The van der Waals surface area contributed by atoms with Gasteiger partial charge in [0.15, 0.2) is 5.78 Å². The summed E-state index contributed by atoms with van der Waals surface area (Å²) in [5.41, 5.74) is 1.57. The number of benzene rings is 3. The van der Waals surface area contributed by atoms with E-state index in [4.69, 9.17) is 0 Å². The molecule has 0 atom stereocenters. The topological polar surface area (TPSA) is 34.1 Å². The summed E-state index contributed by atoms with van der Waals surface area (Å²) in [5, 5.41) is 2.19. The number of carbonyl (C=O) groups is 2. The van der Waals surface area contributed by atoms with E-state index in [1.54, 1.807) is 12.1 Å². The van der Waals surface area contributed by atoms with Gasteiger partial charge in [-0.3, -0.25) is 9.59 Å². The van der Waals surface area contributed by atoms with Crippen LogP contribution in [0.5, 0.6) is 0 Å². The maximum Gasteiger partial charge on any atom is 0.170 e. The largest absolute Gasteiger partial charge is 0.299 e. The molecule has 0 amide bonds. The van der Waals surface area contributed by atoms with E-state index in [1.165, 1.54) is 0 Å². The Kier molecular flexibility index (Phi) is 4.10. The standard InChI is InChI=1S/C20H16O2/c21-18(14-20(22)16-8-2-1-3-9-16)13-17-11-6-10-15-7-4-5-12-19(15)17/h1-12H,13-14H2. The first kappa shape index (κ1) is 14.2. The lowest BCUT2D eigenvalue weighted by atomic mass is 9.97. The Hall–Kier alpha value is -2.74. The number of rotatable bonds is 5. The highest BCUT2D eigenvalue weighted by molar-refractivity contribution is 6.08. The van der Waals surface area contributed by atoms with Gasteiger partial charge in [0.05, 0.1) is 6.42 Å². The molecular formula is C20H16O2. The van der Waals surface area contributed by atoms with Crippen molar-refractivity contribution in [1.82, 2.24) is 0 Å². The Morgan fingerprint density at radius 3 is 2.23 bits per heavy atom. The van der Waals surface area contributed by atoms with Crippen molar-refractivity contribution in [2.45, 2.75) is 12.8 Å². The van der Waals surface area contributed by atoms with Crippen LogP contribution in [0.15, 0.2) is 72.8 Å². The van der Waals surface area contributed by atoms with Crippen LogP contribution in [-0.2, 0) is 11.2 Å². The van der Waals surface area contributed by atoms with Crippen molar-refractivity contribution in [3.05, 3.63) is 83.9 Å². The molecule has 0 aromatic heterocycles. The number of carbonyl (C=O) groups excluding carboxylic acids is 2. The molecule has 0 unspecified atom stereocenters. The number of hydrogen-bond donors (Lipinski definition) is 0. The summed E-state index contributed by atoms with van der Waals surface area (Å²) in [6.07, 6.45) is 0.243. The van der Waals surface area contributed by atoms with Crippen molar-refractivity contribution in [3.63, 3.8) is 0 Å². The first-order valence-corrected chi connectivity index (χ1v) is 7.30. The Morgan fingerprint density at radius 2 is 1.41 bits per heavy atom. The predicted octanol–water partition coefficient (Wildman–Crippen LogP) is 4.22. The summed E-state index contributed by atoms with van der Waals surface area (Å²) in [7, 11) is 0. The zero-order chi connectivity index (χ0) is 15.4. The van der Waals surface area contributed by atoms with Crippen molar-refractivity contribution in [1.29, 1.82) is 0 Å². The number of fused-ring (bicyclic) bond motifs is 1. The lowest BCUT2D eigenvalue weighted by Crippen LogP contribution is -2.10. The van der Waals surface area contributed by atoms with Crippen LogP contribution in [0.1, 0.15) is 22.3 Å². The molecule has 3 aromatic rings. The molecule has 0 aliphatic heterocycles. The highest BCUT2D eigenvalue weighted by Crippen LogP contribution is 2.19. The minimum absolute atomic E-state index is 0.0484. The molecule has 0 aliphatic carbocycles. The molecule has 0 N–H and O–H groups in total. The zero-order valence-corrected chi connectivity index (χ0v) is 12.2. The van der Waals surface area contributed by atoms with Crippen molar-refractivity contribution in [3.8, 4) is 0 Å². The van der Waals surface area contributed by atoms with E-state index in [2.05, 4.69) is 0 Å². The van der Waals surface area contributed by atoms with Crippen LogP contribution in [0.2, 0.25) is 0 Å². The average molecular weight is 288 g/mol. The fourth-order valence-corrected chi connectivity index (χ4v) is 2.63. The first-order chi connectivity index (χ1) is 10.7. The normalized spacial score (nSPS) is 10.5. The Balaban J connectivity index is 1.75. The van der Waals surface area contributed by atoms with Gasteiger partial charge in [-0.2, -0.15) is 0 Å². The van der Waals surface area contributed by atoms with E-state index in [-0.39, 0.29) is 18.0 Å². The summed E-state index contributed by atoms with van der Waals surface area (Å²) in [6.45, 7) is 0. The molecule has 2 nitrogen and oxygen atoms in total. The third kappa shape index (κ3) is 3.12. The van der Waals surface area contributed by atoms with E-state index >= 15 is 0 Å². The molecule has 0 fully saturated rings. The molecule has 2 heteroatoms. The van der Waals surface area contributed by atoms with Gasteiger partial charge < -0.3 is 0 Å². The zero-order valence-electron chi connectivity index (χ0n) is 12.2. The van der Waals surface area contributed by atoms with E-state index in [0.717, 1.165) is 16.3 Å². The van der Waals surface area contributed by atoms with Gasteiger partial charge in [0.1, 0.15) is 5.78 Å². The van der Waals surface area contributed by atoms with Gasteiger partial charge in [-0.1, -0.05) is 72.8 Å². The molecule has 0 saturated carbocycles. The molecule has 0 heterocycles. The van der Waals surface area contributed by atoms with Crippen LogP contribution >= 0.6 is 0 Å². The molecule has 0 spiro atoms. The van der Waals surface area contributed by atoms with Gasteiger partial charge in [0.25, 0.3) is 0 Å². The lowest BCUT2D eigenvalue weighted by molar-refractivity contribution is -0.117. The SMILES string of the molecule is O=C(CC(=O)c1ccccc1)Cc1cccc2ccccc12. The molecule has 0 saturated heterocycles. The summed E-state index contributed by atoms with van der Waals surface area (Å²) in [6, 6.07) is 22.9. The molecular weight excluding hydrogens is 272 g/mol. The molecule has 108 valence electrons. The summed E-state index contributed by atoms with van der Waals surface area (Å²) >= 11 is 0. The van der Waals surface area contributed by atoms with Crippen molar-refractivity contribution in [2.24, 2.45) is 0 Å². The van der Waals surface area contributed by atoms with Crippen molar-refractivity contribution in [2.75, 3.05) is 0 Å². The van der Waals surface area contributed by atoms with E-state index < -0.39 is 0 Å². The van der Waals surface area contributed by atoms with Crippen LogP contribution in [0.4, 0.5) is 0 Å². The van der Waals surface area contributed by atoms with Crippen LogP contribution in [-0.4, -0.2) is 11.6 Å². The Morgan fingerprint density at radius 1 is 0.727 bits per heavy atom. The third-order valence-corrected chi connectivity index (χ3v) is 3.72. The van der Waals surface area contributed by atoms with Crippen LogP contribution in [0, 0.1) is 0 Å². The van der Waals surface area contributed by atoms with E-state index in [1.807, 2.05) is 60.7 Å². The second-order valence-electron chi connectivity index (χ2n) is 5.32. The molecule has 0 aliphatic rings. The second-order valence-corrected chi connectivity index (χ2v) is 5.32. The first-order valence-electron chi connectivity index (χ1n) is 7.30. The van der Waals surface area contributed by atoms with Crippen LogP contribution in [0.25, 0.3) is 10.8 Å². The maximum absolute atomic E-state index is 12.2. The Labute approximate surface area is 129 Å². The number of hydrogen-bond acceptors (Lipinski definition) is 2. The van der Waals surface area contributed by atoms with Crippen molar-refractivity contribution >= 4 is 22.3 Å². The summed E-state index contributed by atoms with van der Waals surface area (Å²) in [4.78, 5) is 24.3. The molecule has 0 radical (unpaired) electrons. The molecule has 3 rings (SSSR count). The van der Waals surface area contributed by atoms with Gasteiger partial charge in [-0.15, -0.1) is 0 Å². The average Bonchev–Trinajstić information content (AvgIpc) is 2.56. The van der Waals surface area contributed by atoms with Crippen LogP contribution in [0.3, 0.4) is 0 Å². The highest BCUT2D eigenvalue weighted by atomic mass is 16.1. The second kappa shape index (κ2) is 6.35. The monoisotopic (exact) mass is 288 g/mol. The summed E-state index contributed by atoms with van der Waals surface area (Å²) < 4.78 is 0. The minimum Gasteiger partial charge on any atom is -0.299 e. The van der Waals surface area contributed by atoms with Crippen LogP contribution < -0.4 is 0 Å². The van der Waals surface area contributed by atoms with Gasteiger partial charge in [-0.05, 0) is 16.3 Å². The summed E-state index contributed by atoms with van der Waals surface area (Å²) in [5.74, 6) is -0.170. The molecule has 22 heavy (non-hydrogen) atoms.